The third-order valence-electron chi connectivity index (χ3n) is 5.24. The van der Waals surface area contributed by atoms with Gasteiger partial charge in [-0.3, -0.25) is 9.20 Å². The molecule has 2 heterocycles. The van der Waals surface area contributed by atoms with E-state index in [2.05, 4.69) is 61.0 Å². The predicted octanol–water partition coefficient (Wildman–Crippen LogP) is 6.07. The number of nitrogens with zero attached hydrogens (tertiary/aromatic N) is 3. The van der Waals surface area contributed by atoms with Gasteiger partial charge in [-0.05, 0) is 11.0 Å². The molecule has 0 unspecified atom stereocenters. The molecule has 2 aromatic carbocycles. The van der Waals surface area contributed by atoms with Crippen LogP contribution in [0.5, 0.6) is 0 Å². The van der Waals surface area contributed by atoms with Crippen LogP contribution >= 0.6 is 11.3 Å². The number of aromatic nitrogens is 2. The molecule has 5 heteroatoms. The molecule has 0 aliphatic heterocycles. The third-order valence-corrected chi connectivity index (χ3v) is 6.13. The number of benzene rings is 2. The van der Waals surface area contributed by atoms with Crippen LogP contribution in [0.4, 0.5) is 0 Å². The molecule has 0 aliphatic rings. The van der Waals surface area contributed by atoms with Crippen molar-refractivity contribution in [2.75, 3.05) is 6.54 Å². The van der Waals surface area contributed by atoms with E-state index in [0.29, 0.717) is 19.5 Å². The van der Waals surface area contributed by atoms with Gasteiger partial charge in [0.05, 0.1) is 5.69 Å². The first-order chi connectivity index (χ1) is 14.9. The lowest BCUT2D eigenvalue weighted by atomic mass is 9.91. The Labute approximate surface area is 188 Å². The van der Waals surface area contributed by atoms with E-state index < -0.39 is 0 Å². The van der Waals surface area contributed by atoms with E-state index in [4.69, 9.17) is 4.98 Å². The number of rotatable bonds is 7. The van der Waals surface area contributed by atoms with Crippen molar-refractivity contribution in [1.29, 1.82) is 0 Å². The van der Waals surface area contributed by atoms with Gasteiger partial charge < -0.3 is 4.90 Å². The van der Waals surface area contributed by atoms with Crippen molar-refractivity contribution in [2.24, 2.45) is 5.41 Å². The zero-order valence-corrected chi connectivity index (χ0v) is 19.2. The smallest absolute Gasteiger partial charge is 0.223 e. The van der Waals surface area contributed by atoms with E-state index in [9.17, 15) is 4.79 Å². The molecule has 4 rings (SSSR count). The highest BCUT2D eigenvalue weighted by molar-refractivity contribution is 7.15. The topological polar surface area (TPSA) is 37.6 Å². The molecule has 0 radical (unpaired) electrons. The van der Waals surface area contributed by atoms with Gasteiger partial charge in [0.1, 0.15) is 0 Å². The molecule has 160 valence electrons. The van der Waals surface area contributed by atoms with Crippen LogP contribution in [0, 0.1) is 5.41 Å². The second kappa shape index (κ2) is 9.06. The van der Waals surface area contributed by atoms with E-state index in [0.717, 1.165) is 28.2 Å². The van der Waals surface area contributed by atoms with Crippen LogP contribution in [0.3, 0.4) is 0 Å². The Kier molecular flexibility index (Phi) is 6.23. The highest BCUT2D eigenvalue weighted by Gasteiger charge is 2.22. The van der Waals surface area contributed by atoms with Gasteiger partial charge in [0.25, 0.3) is 0 Å². The van der Waals surface area contributed by atoms with Crippen LogP contribution in [0.2, 0.25) is 0 Å². The molecular formula is C26H29N3OS. The molecule has 4 nitrogen and oxygen atoms in total. The third kappa shape index (κ3) is 5.42. The summed E-state index contributed by atoms with van der Waals surface area (Å²) in [5, 5.41) is 2.16. The lowest BCUT2D eigenvalue weighted by Crippen LogP contribution is -2.35. The van der Waals surface area contributed by atoms with Crippen LogP contribution in [-0.2, 0) is 17.8 Å². The molecule has 2 aromatic heterocycles. The lowest BCUT2D eigenvalue weighted by Gasteiger charge is -2.27. The first-order valence-electron chi connectivity index (χ1n) is 10.7. The summed E-state index contributed by atoms with van der Waals surface area (Å²) in [7, 11) is 0. The van der Waals surface area contributed by atoms with Gasteiger partial charge in [-0.2, -0.15) is 0 Å². The zero-order chi connectivity index (χ0) is 21.8. The highest BCUT2D eigenvalue weighted by Crippen LogP contribution is 2.25. The molecule has 0 aliphatic carbocycles. The predicted molar refractivity (Wildman–Crippen MR) is 128 cm³/mol. The van der Waals surface area contributed by atoms with Crippen molar-refractivity contribution in [3.05, 3.63) is 83.5 Å². The average molecular weight is 432 g/mol. The maximum Gasteiger partial charge on any atom is 0.223 e. The van der Waals surface area contributed by atoms with Gasteiger partial charge in [-0.15, -0.1) is 11.3 Å². The molecule has 0 spiro atoms. The summed E-state index contributed by atoms with van der Waals surface area (Å²) >= 11 is 1.65. The summed E-state index contributed by atoms with van der Waals surface area (Å²) < 4.78 is 2.17. The average Bonchev–Trinajstić information content (AvgIpc) is 3.32. The standard InChI is InChI=1S/C26H29N3OS/c1-26(2,3)16-24(30)28(17-20-10-6-4-7-11-20)15-14-22-19-31-25-27-23(18-29(22)25)21-12-8-5-9-13-21/h4-13,18-19H,14-17H2,1-3H3. The van der Waals surface area contributed by atoms with Crippen molar-refractivity contribution in [2.45, 2.75) is 40.2 Å². The Hall–Kier alpha value is -2.92. The van der Waals surface area contributed by atoms with E-state index >= 15 is 0 Å². The first kappa shape index (κ1) is 21.3. The number of fused-ring (bicyclic) bond motifs is 1. The summed E-state index contributed by atoms with van der Waals surface area (Å²) in [6, 6.07) is 20.5. The van der Waals surface area contributed by atoms with E-state index in [1.165, 1.54) is 5.69 Å². The quantitative estimate of drug-likeness (QED) is 0.356. The fraction of sp³-hybridized carbons (Fsp3) is 0.308. The second-order valence-corrected chi connectivity index (χ2v) is 10.00. The SMILES string of the molecule is CC(C)(C)CC(=O)N(CCc1csc2nc(-c3ccccc3)cn12)Cc1ccccc1. The van der Waals surface area contributed by atoms with Crippen LogP contribution in [0.25, 0.3) is 16.2 Å². The maximum absolute atomic E-state index is 13.1. The van der Waals surface area contributed by atoms with Crippen LogP contribution < -0.4 is 0 Å². The Bertz CT molecular complexity index is 1140. The summed E-state index contributed by atoms with van der Waals surface area (Å²) in [6.45, 7) is 7.68. The van der Waals surface area contributed by atoms with Crippen LogP contribution in [0.1, 0.15) is 38.4 Å². The van der Waals surface area contributed by atoms with Gasteiger partial charge in [-0.25, -0.2) is 4.98 Å². The zero-order valence-electron chi connectivity index (χ0n) is 18.4. The number of amides is 1. The lowest BCUT2D eigenvalue weighted by molar-refractivity contribution is -0.133. The van der Waals surface area contributed by atoms with Crippen molar-refractivity contribution < 1.29 is 4.79 Å². The van der Waals surface area contributed by atoms with Crippen LogP contribution in [0.15, 0.2) is 72.2 Å². The molecule has 4 aromatic rings. The monoisotopic (exact) mass is 431 g/mol. The summed E-state index contributed by atoms with van der Waals surface area (Å²) in [5.41, 5.74) is 4.43. The van der Waals surface area contributed by atoms with Gasteiger partial charge >= 0.3 is 0 Å². The molecule has 0 N–H and O–H groups in total. The van der Waals surface area contributed by atoms with Gasteiger partial charge in [0, 0.05) is 48.8 Å². The molecular weight excluding hydrogens is 402 g/mol. The molecule has 0 saturated heterocycles. The summed E-state index contributed by atoms with van der Waals surface area (Å²) in [4.78, 5) is 20.9. The highest BCUT2D eigenvalue weighted by atomic mass is 32.1. The molecule has 0 bridgehead atoms. The van der Waals surface area contributed by atoms with Crippen molar-refractivity contribution in [1.82, 2.24) is 14.3 Å². The number of thiazole rings is 1. The minimum Gasteiger partial charge on any atom is -0.338 e. The Morgan fingerprint density at radius 3 is 2.39 bits per heavy atom. The number of imidazole rings is 1. The van der Waals surface area contributed by atoms with Gasteiger partial charge in [0.2, 0.25) is 5.91 Å². The number of hydrogen-bond acceptors (Lipinski definition) is 3. The molecule has 0 atom stereocenters. The molecule has 0 fully saturated rings. The van der Waals surface area contributed by atoms with E-state index in [-0.39, 0.29) is 11.3 Å². The number of carbonyl (C=O) groups excluding carboxylic acids is 1. The fourth-order valence-corrected chi connectivity index (χ4v) is 4.58. The van der Waals surface area contributed by atoms with Crippen molar-refractivity contribution in [3.8, 4) is 11.3 Å². The Balaban J connectivity index is 1.52. The second-order valence-electron chi connectivity index (χ2n) is 9.16. The minimum absolute atomic E-state index is 0.0311. The Morgan fingerprint density at radius 2 is 1.71 bits per heavy atom. The Morgan fingerprint density at radius 1 is 1.03 bits per heavy atom. The number of hydrogen-bond donors (Lipinski definition) is 0. The maximum atomic E-state index is 13.1. The van der Waals surface area contributed by atoms with Crippen molar-refractivity contribution >= 4 is 22.2 Å². The van der Waals surface area contributed by atoms with Crippen molar-refractivity contribution in [3.63, 3.8) is 0 Å². The van der Waals surface area contributed by atoms with Gasteiger partial charge in [0.15, 0.2) is 4.96 Å². The largest absolute Gasteiger partial charge is 0.338 e. The normalized spacial score (nSPS) is 11.7. The minimum atomic E-state index is -0.0311. The number of carbonyl (C=O) groups is 1. The van der Waals surface area contributed by atoms with E-state index in [1.807, 2.05) is 41.3 Å². The van der Waals surface area contributed by atoms with Crippen LogP contribution in [-0.4, -0.2) is 26.7 Å². The molecule has 0 saturated carbocycles. The fourth-order valence-electron chi connectivity index (χ4n) is 3.67. The first-order valence-corrected chi connectivity index (χ1v) is 11.6. The van der Waals surface area contributed by atoms with Gasteiger partial charge in [-0.1, -0.05) is 81.4 Å². The molecule has 1 amide bonds. The molecule has 31 heavy (non-hydrogen) atoms. The van der Waals surface area contributed by atoms with E-state index in [1.54, 1.807) is 11.3 Å². The summed E-state index contributed by atoms with van der Waals surface area (Å²) in [5.74, 6) is 0.207. The summed E-state index contributed by atoms with van der Waals surface area (Å²) in [6.07, 6.45) is 3.45.